The summed E-state index contributed by atoms with van der Waals surface area (Å²) in [6.07, 6.45) is 0. The molecular formula is C30H24Cl2N6O6. The number of carbonyl (C=O) groups excluding carboxylic acids is 1. The second-order valence-electron chi connectivity index (χ2n) is 9.95. The summed E-state index contributed by atoms with van der Waals surface area (Å²) in [6.45, 7) is 3.77. The quantitative estimate of drug-likeness (QED) is 0.0866. The Bertz CT molecular complexity index is 2040. The highest BCUT2D eigenvalue weighted by atomic mass is 35.5. The number of phenols is 2. The first-order valence-electron chi connectivity index (χ1n) is 13.3. The highest BCUT2D eigenvalue weighted by Gasteiger charge is 2.16. The van der Waals surface area contributed by atoms with Gasteiger partial charge < -0.3 is 14.9 Å². The van der Waals surface area contributed by atoms with Crippen molar-refractivity contribution in [3.8, 4) is 22.9 Å². The van der Waals surface area contributed by atoms with E-state index in [1.165, 1.54) is 9.59 Å². The summed E-state index contributed by atoms with van der Waals surface area (Å²) >= 11 is 12.2. The molecule has 4 aromatic carbocycles. The molecule has 6 rings (SSSR count). The summed E-state index contributed by atoms with van der Waals surface area (Å²) in [7, 11) is 0. The van der Waals surface area contributed by atoms with Gasteiger partial charge in [0.25, 0.3) is 0 Å². The second-order valence-corrected chi connectivity index (χ2v) is 10.8. The largest absolute Gasteiger partial charge is 0.504 e. The van der Waals surface area contributed by atoms with Crippen LogP contribution in [0.15, 0.2) is 60.7 Å². The first-order chi connectivity index (χ1) is 21.2. The summed E-state index contributed by atoms with van der Waals surface area (Å²) in [5.74, 6) is -0.813. The first kappa shape index (κ1) is 29.3. The van der Waals surface area contributed by atoms with Gasteiger partial charge in [-0.25, -0.2) is 14.6 Å². The molecule has 224 valence electrons. The van der Waals surface area contributed by atoms with Gasteiger partial charge in [-0.1, -0.05) is 29.3 Å². The van der Waals surface area contributed by atoms with Gasteiger partial charge in [-0.2, -0.15) is 0 Å². The predicted molar refractivity (Wildman–Crippen MR) is 162 cm³/mol. The van der Waals surface area contributed by atoms with E-state index in [0.29, 0.717) is 33.4 Å². The molecule has 0 atom stereocenters. The van der Waals surface area contributed by atoms with E-state index in [9.17, 15) is 15.0 Å². The van der Waals surface area contributed by atoms with E-state index >= 15 is 0 Å². The zero-order chi connectivity index (χ0) is 31.0. The fourth-order valence-corrected chi connectivity index (χ4v) is 5.00. The van der Waals surface area contributed by atoms with Crippen LogP contribution < -0.4 is 0 Å². The lowest BCUT2D eigenvalue weighted by Crippen LogP contribution is -2.11. The van der Waals surface area contributed by atoms with E-state index in [1.807, 2.05) is 19.9 Å². The van der Waals surface area contributed by atoms with Crippen LogP contribution in [0.1, 0.15) is 27.0 Å². The van der Waals surface area contributed by atoms with E-state index in [-0.39, 0.29) is 46.9 Å². The molecule has 0 aliphatic carbocycles. The van der Waals surface area contributed by atoms with Crippen LogP contribution in [0.4, 0.5) is 0 Å². The van der Waals surface area contributed by atoms with E-state index in [0.717, 1.165) is 16.7 Å². The maximum atomic E-state index is 12.6. The lowest BCUT2D eigenvalue weighted by molar-refractivity contribution is -0.306. The minimum Gasteiger partial charge on any atom is -0.504 e. The number of hydrogen-bond donors (Lipinski definition) is 2. The van der Waals surface area contributed by atoms with Crippen molar-refractivity contribution in [2.75, 3.05) is 13.2 Å². The summed E-state index contributed by atoms with van der Waals surface area (Å²) in [5.41, 5.74) is 5.62. The first-order valence-corrected chi connectivity index (χ1v) is 14.1. The molecule has 0 fully saturated rings. The number of ether oxygens (including phenoxy) is 1. The molecule has 0 unspecified atom stereocenters. The summed E-state index contributed by atoms with van der Waals surface area (Å²) in [6, 6.07) is 16.9. The van der Waals surface area contributed by atoms with Gasteiger partial charge >= 0.3 is 5.97 Å². The molecule has 0 aliphatic heterocycles. The Hall–Kier alpha value is -4.75. The molecule has 6 aromatic rings. The molecule has 12 nitrogen and oxygen atoms in total. The number of aryl methyl sites for hydroxylation is 2. The Kier molecular flexibility index (Phi) is 8.06. The van der Waals surface area contributed by atoms with E-state index in [1.54, 1.807) is 54.6 Å². The Morgan fingerprint density at radius 1 is 0.705 bits per heavy atom. The Morgan fingerprint density at radius 3 is 1.86 bits per heavy atom. The molecule has 0 radical (unpaired) electrons. The van der Waals surface area contributed by atoms with Crippen molar-refractivity contribution < 1.29 is 29.5 Å². The molecule has 0 spiro atoms. The van der Waals surface area contributed by atoms with Crippen molar-refractivity contribution in [3.63, 3.8) is 0 Å². The minimum absolute atomic E-state index is 0.00336. The van der Waals surface area contributed by atoms with E-state index in [2.05, 4.69) is 20.4 Å². The number of rotatable bonds is 9. The van der Waals surface area contributed by atoms with Gasteiger partial charge in [0.1, 0.15) is 53.3 Å². The molecule has 0 aliphatic rings. The van der Waals surface area contributed by atoms with Crippen LogP contribution >= 0.6 is 23.2 Å². The molecule has 44 heavy (non-hydrogen) atoms. The molecule has 0 amide bonds. The third kappa shape index (κ3) is 6.01. The van der Waals surface area contributed by atoms with Crippen LogP contribution in [-0.2, 0) is 21.1 Å². The lowest BCUT2D eigenvalue weighted by atomic mass is 10.2. The average molecular weight is 635 g/mol. The summed E-state index contributed by atoms with van der Waals surface area (Å²) in [4.78, 5) is 25.6. The molecule has 0 saturated carbocycles. The number of esters is 1. The van der Waals surface area contributed by atoms with Crippen LogP contribution in [0.25, 0.3) is 33.4 Å². The second kappa shape index (κ2) is 12.1. The normalized spacial score (nSPS) is 11.5. The monoisotopic (exact) mass is 634 g/mol. The van der Waals surface area contributed by atoms with Crippen molar-refractivity contribution in [2.45, 2.75) is 20.5 Å². The number of phenolic OH excluding ortho intramolecular Hbond substituents is 2. The van der Waals surface area contributed by atoms with Crippen molar-refractivity contribution in [3.05, 3.63) is 93.0 Å². The number of nitrogens with zero attached hydrogens (tertiary/aromatic N) is 6. The fourth-order valence-electron chi connectivity index (χ4n) is 4.46. The third-order valence-electron chi connectivity index (χ3n) is 6.58. The van der Waals surface area contributed by atoms with Gasteiger partial charge in [-0.15, -0.1) is 30.0 Å². The SMILES string of the molecule is Cc1cc(Cl)c(O)c(-n2nc3ccc(COOCCOC(=O)c4ccc5nn(-c6cc(C)cc(Cl)c6O)nc5c4)cc3n2)c1. The highest BCUT2D eigenvalue weighted by Crippen LogP contribution is 2.32. The van der Waals surface area contributed by atoms with Crippen molar-refractivity contribution in [2.24, 2.45) is 0 Å². The van der Waals surface area contributed by atoms with Crippen LogP contribution in [0.3, 0.4) is 0 Å². The number of benzene rings is 4. The molecule has 2 heterocycles. The smallest absolute Gasteiger partial charge is 0.338 e. The Morgan fingerprint density at radius 2 is 1.25 bits per heavy atom. The maximum absolute atomic E-state index is 12.6. The van der Waals surface area contributed by atoms with Crippen LogP contribution in [0, 0.1) is 13.8 Å². The van der Waals surface area contributed by atoms with Gasteiger partial charge in [0.2, 0.25) is 0 Å². The summed E-state index contributed by atoms with van der Waals surface area (Å²) < 4.78 is 5.29. The third-order valence-corrected chi connectivity index (χ3v) is 7.15. The van der Waals surface area contributed by atoms with Gasteiger partial charge in [0.15, 0.2) is 11.5 Å². The number of aromatic nitrogens is 6. The van der Waals surface area contributed by atoms with Gasteiger partial charge in [0, 0.05) is 0 Å². The Labute approximate surface area is 259 Å². The molecule has 0 saturated heterocycles. The van der Waals surface area contributed by atoms with Crippen molar-refractivity contribution in [1.82, 2.24) is 30.0 Å². The molecular weight excluding hydrogens is 611 g/mol. The number of hydrogen-bond acceptors (Lipinski definition) is 10. The van der Waals surface area contributed by atoms with Gasteiger partial charge in [0.05, 0.1) is 15.6 Å². The van der Waals surface area contributed by atoms with Crippen LogP contribution in [0.5, 0.6) is 11.5 Å². The molecule has 2 aromatic heterocycles. The standard InChI is InChI=1S/C30H24Cl2N6O6/c1-16-9-20(31)28(39)26(11-16)37-33-22-5-3-18(13-24(22)35-37)15-44-43-8-7-42-30(41)19-4-6-23-25(14-19)36-38(34-23)27-12-17(2)10-21(32)29(27)40/h3-6,9-14,39-40H,7-8,15H2,1-2H3. The van der Waals surface area contributed by atoms with Crippen LogP contribution in [-0.4, -0.2) is 59.4 Å². The van der Waals surface area contributed by atoms with Gasteiger partial charge in [-0.05, 0) is 85.1 Å². The number of carbonyl (C=O) groups is 1. The van der Waals surface area contributed by atoms with Gasteiger partial charge in [-0.3, -0.25) is 0 Å². The maximum Gasteiger partial charge on any atom is 0.338 e. The zero-order valence-electron chi connectivity index (χ0n) is 23.4. The highest BCUT2D eigenvalue weighted by molar-refractivity contribution is 6.32. The number of aromatic hydroxyl groups is 2. The van der Waals surface area contributed by atoms with Crippen LogP contribution in [0.2, 0.25) is 10.0 Å². The van der Waals surface area contributed by atoms with E-state index in [4.69, 9.17) is 37.7 Å². The lowest BCUT2D eigenvalue weighted by Gasteiger charge is -2.06. The predicted octanol–water partition coefficient (Wildman–Crippen LogP) is 5.79. The zero-order valence-corrected chi connectivity index (χ0v) is 24.9. The number of fused-ring (bicyclic) bond motifs is 2. The minimum atomic E-state index is -0.569. The Balaban J connectivity index is 1.01. The van der Waals surface area contributed by atoms with Crippen molar-refractivity contribution in [1.29, 1.82) is 0 Å². The topological polar surface area (TPSA) is 147 Å². The number of halogens is 2. The molecule has 14 heteroatoms. The molecule has 0 bridgehead atoms. The van der Waals surface area contributed by atoms with Crippen molar-refractivity contribution >= 4 is 51.2 Å². The fraction of sp³-hybridized carbons (Fsp3) is 0.167. The summed E-state index contributed by atoms with van der Waals surface area (Å²) in [5, 5.41) is 38.7. The molecule has 2 N–H and O–H groups in total. The average Bonchev–Trinajstić information content (AvgIpc) is 3.62. The van der Waals surface area contributed by atoms with E-state index < -0.39 is 5.97 Å².